The van der Waals surface area contributed by atoms with Crippen molar-refractivity contribution in [3.05, 3.63) is 0 Å². The number of nitrogens with zero attached hydrogens (tertiary/aromatic N) is 2. The second kappa shape index (κ2) is 5.82. The van der Waals surface area contributed by atoms with Gasteiger partial charge in [0.15, 0.2) is 0 Å². The second-order valence-corrected chi connectivity index (χ2v) is 3.66. The molecular formula is C10H19N3O2. The molecule has 0 aromatic heterocycles. The molecule has 0 radical (unpaired) electrons. The number of hydrogen-bond donors (Lipinski definition) is 2. The Bertz CT molecular complexity index is 253. The van der Waals surface area contributed by atoms with Gasteiger partial charge in [0, 0.05) is 0 Å². The van der Waals surface area contributed by atoms with Gasteiger partial charge in [-0.3, -0.25) is 4.79 Å². The van der Waals surface area contributed by atoms with E-state index in [1.807, 2.05) is 0 Å². The summed E-state index contributed by atoms with van der Waals surface area (Å²) in [5.74, 6) is -0.167. The van der Waals surface area contributed by atoms with Crippen molar-refractivity contribution in [3.63, 3.8) is 0 Å². The molecule has 0 aromatic rings. The lowest BCUT2D eigenvalue weighted by molar-refractivity contribution is -0.132. The molecule has 0 fully saturated rings. The zero-order valence-corrected chi connectivity index (χ0v) is 9.15. The monoisotopic (exact) mass is 213 g/mol. The normalized spacial score (nSPS) is 21.0. The molecule has 1 aliphatic heterocycles. The quantitative estimate of drug-likeness (QED) is 0.649. The van der Waals surface area contributed by atoms with Crippen molar-refractivity contribution in [1.29, 1.82) is 0 Å². The summed E-state index contributed by atoms with van der Waals surface area (Å²) in [7, 11) is 0. The Morgan fingerprint density at radius 2 is 2.33 bits per heavy atom. The molecule has 86 valence electrons. The minimum absolute atomic E-state index is 0.0158. The Balaban J connectivity index is 2.70. The minimum Gasteiger partial charge on any atom is -0.394 e. The number of carbonyl (C=O) groups is 1. The van der Waals surface area contributed by atoms with E-state index in [9.17, 15) is 4.79 Å². The van der Waals surface area contributed by atoms with Crippen LogP contribution >= 0.6 is 0 Å². The molecule has 1 atom stereocenters. The van der Waals surface area contributed by atoms with Gasteiger partial charge in [-0.1, -0.05) is 13.3 Å². The van der Waals surface area contributed by atoms with Gasteiger partial charge in [-0.05, 0) is 19.4 Å². The molecule has 1 unspecified atom stereocenters. The third-order valence-electron chi connectivity index (χ3n) is 2.48. The summed E-state index contributed by atoms with van der Waals surface area (Å²) in [5.41, 5.74) is 6.39. The van der Waals surface area contributed by atoms with Crippen molar-refractivity contribution in [3.8, 4) is 0 Å². The van der Waals surface area contributed by atoms with Crippen molar-refractivity contribution in [2.45, 2.75) is 26.2 Å². The molecule has 5 nitrogen and oxygen atoms in total. The summed E-state index contributed by atoms with van der Waals surface area (Å²) in [4.78, 5) is 11.8. The highest BCUT2D eigenvalue weighted by atomic mass is 16.3. The van der Waals surface area contributed by atoms with Crippen LogP contribution in [0.4, 0.5) is 0 Å². The van der Waals surface area contributed by atoms with Crippen molar-refractivity contribution < 1.29 is 9.90 Å². The molecule has 0 aliphatic carbocycles. The van der Waals surface area contributed by atoms with Gasteiger partial charge >= 0.3 is 0 Å². The number of aliphatic hydroxyl groups is 1. The maximum Gasteiger partial charge on any atom is 0.251 e. The van der Waals surface area contributed by atoms with Crippen LogP contribution in [0.15, 0.2) is 5.10 Å². The maximum absolute atomic E-state index is 11.8. The van der Waals surface area contributed by atoms with Crippen molar-refractivity contribution in [2.75, 3.05) is 19.7 Å². The molecule has 3 N–H and O–H groups in total. The molecule has 1 heterocycles. The largest absolute Gasteiger partial charge is 0.394 e. The molecule has 0 bridgehead atoms. The van der Waals surface area contributed by atoms with E-state index in [2.05, 4.69) is 12.0 Å². The molecular weight excluding hydrogens is 194 g/mol. The lowest BCUT2D eigenvalue weighted by Gasteiger charge is -2.12. The highest BCUT2D eigenvalue weighted by Crippen LogP contribution is 2.21. The number of rotatable bonds is 6. The predicted octanol–water partition coefficient (Wildman–Crippen LogP) is -0.0580. The van der Waals surface area contributed by atoms with Gasteiger partial charge in [0.1, 0.15) is 0 Å². The summed E-state index contributed by atoms with van der Waals surface area (Å²) in [6.07, 6.45) is 2.46. The molecule has 1 amide bonds. The van der Waals surface area contributed by atoms with E-state index in [1.54, 1.807) is 0 Å². The van der Waals surface area contributed by atoms with Crippen LogP contribution < -0.4 is 5.73 Å². The summed E-state index contributed by atoms with van der Waals surface area (Å²) in [6, 6.07) is 0. The van der Waals surface area contributed by atoms with Gasteiger partial charge in [0.2, 0.25) is 0 Å². The lowest BCUT2D eigenvalue weighted by atomic mass is 9.96. The van der Waals surface area contributed by atoms with Gasteiger partial charge in [0.25, 0.3) is 5.91 Å². The summed E-state index contributed by atoms with van der Waals surface area (Å²) in [6.45, 7) is 2.78. The van der Waals surface area contributed by atoms with E-state index in [0.717, 1.165) is 18.6 Å². The van der Waals surface area contributed by atoms with E-state index >= 15 is 0 Å². The second-order valence-electron chi connectivity index (χ2n) is 3.66. The molecule has 0 saturated carbocycles. The molecule has 1 aliphatic rings. The number of aliphatic hydroxyl groups excluding tert-OH is 1. The van der Waals surface area contributed by atoms with Crippen LogP contribution in [-0.2, 0) is 4.79 Å². The number of β-amino-alcohol motifs (C(OH)–C–C–N with tert-alkyl or cyclic N) is 1. The highest BCUT2D eigenvalue weighted by Gasteiger charge is 2.33. The van der Waals surface area contributed by atoms with Gasteiger partial charge in [-0.15, -0.1) is 0 Å². The zero-order valence-electron chi connectivity index (χ0n) is 9.15. The lowest BCUT2D eigenvalue weighted by Crippen LogP contribution is -2.30. The summed E-state index contributed by atoms with van der Waals surface area (Å²) < 4.78 is 0. The molecule has 0 saturated heterocycles. The van der Waals surface area contributed by atoms with Gasteiger partial charge in [-0.25, -0.2) is 5.01 Å². The van der Waals surface area contributed by atoms with Crippen LogP contribution in [0.5, 0.6) is 0 Å². The molecule has 5 heteroatoms. The number of hydrazone groups is 1. The zero-order chi connectivity index (χ0) is 11.3. The predicted molar refractivity (Wildman–Crippen MR) is 58.3 cm³/mol. The van der Waals surface area contributed by atoms with Crippen LogP contribution in [0.25, 0.3) is 0 Å². The minimum atomic E-state index is -0.151. The smallest absolute Gasteiger partial charge is 0.251 e. The first-order valence-corrected chi connectivity index (χ1v) is 5.44. The SMILES string of the molecule is CCCC1=NN(CCO)C(=O)C1CCN. The van der Waals surface area contributed by atoms with Crippen LogP contribution in [0, 0.1) is 5.92 Å². The fourth-order valence-corrected chi connectivity index (χ4v) is 1.79. The number of nitrogens with two attached hydrogens (primary N) is 1. The molecule has 15 heavy (non-hydrogen) atoms. The van der Waals surface area contributed by atoms with E-state index in [0.29, 0.717) is 13.0 Å². The van der Waals surface area contributed by atoms with E-state index in [-0.39, 0.29) is 25.0 Å². The van der Waals surface area contributed by atoms with Crippen LogP contribution in [0.3, 0.4) is 0 Å². The number of carbonyl (C=O) groups excluding carboxylic acids is 1. The first kappa shape index (κ1) is 12.1. The fraction of sp³-hybridized carbons (Fsp3) is 0.800. The Labute approximate surface area is 89.9 Å². The van der Waals surface area contributed by atoms with E-state index < -0.39 is 0 Å². The summed E-state index contributed by atoms with van der Waals surface area (Å²) in [5, 5.41) is 14.4. The van der Waals surface area contributed by atoms with Gasteiger partial charge in [0.05, 0.1) is 24.8 Å². The van der Waals surface area contributed by atoms with Crippen molar-refractivity contribution in [2.24, 2.45) is 16.8 Å². The van der Waals surface area contributed by atoms with Gasteiger partial charge in [-0.2, -0.15) is 5.10 Å². The van der Waals surface area contributed by atoms with Crippen molar-refractivity contribution >= 4 is 11.6 Å². The Morgan fingerprint density at radius 3 is 2.87 bits per heavy atom. The van der Waals surface area contributed by atoms with Crippen LogP contribution in [0.1, 0.15) is 26.2 Å². The third kappa shape index (κ3) is 2.76. The molecule has 0 aromatic carbocycles. The molecule has 1 rings (SSSR count). The van der Waals surface area contributed by atoms with Crippen LogP contribution in [0.2, 0.25) is 0 Å². The van der Waals surface area contributed by atoms with Gasteiger partial charge < -0.3 is 10.8 Å². The first-order chi connectivity index (χ1) is 7.24. The third-order valence-corrected chi connectivity index (χ3v) is 2.48. The topological polar surface area (TPSA) is 78.9 Å². The highest BCUT2D eigenvalue weighted by molar-refractivity contribution is 6.07. The fourth-order valence-electron chi connectivity index (χ4n) is 1.79. The number of hydrogen-bond acceptors (Lipinski definition) is 4. The Hall–Kier alpha value is -0.940. The standard InChI is InChI=1S/C10H19N3O2/c1-2-3-9-8(4-5-11)10(15)13(12-9)6-7-14/h8,14H,2-7,11H2,1H3. The summed E-state index contributed by atoms with van der Waals surface area (Å²) >= 11 is 0. The Kier molecular flexibility index (Phi) is 4.71. The van der Waals surface area contributed by atoms with Crippen molar-refractivity contribution in [1.82, 2.24) is 5.01 Å². The molecule has 0 spiro atoms. The van der Waals surface area contributed by atoms with Crippen LogP contribution in [-0.4, -0.2) is 41.4 Å². The first-order valence-electron chi connectivity index (χ1n) is 5.44. The Morgan fingerprint density at radius 1 is 1.60 bits per heavy atom. The van der Waals surface area contributed by atoms with E-state index in [1.165, 1.54) is 5.01 Å². The number of amides is 1. The van der Waals surface area contributed by atoms with E-state index in [4.69, 9.17) is 10.8 Å². The average molecular weight is 213 g/mol. The maximum atomic E-state index is 11.8. The average Bonchev–Trinajstić information content (AvgIpc) is 2.49.